The fourth-order valence-electron chi connectivity index (χ4n) is 3.28. The molecule has 7 heteroatoms. The third-order valence-corrected chi connectivity index (χ3v) is 4.76. The molecule has 0 aliphatic heterocycles. The van der Waals surface area contributed by atoms with Crippen LogP contribution in [0.25, 0.3) is 28.0 Å². The number of benzene rings is 1. The fourth-order valence-corrected chi connectivity index (χ4v) is 3.28. The summed E-state index contributed by atoms with van der Waals surface area (Å²) in [6.07, 6.45) is 3.90. The van der Waals surface area contributed by atoms with E-state index in [9.17, 15) is 4.39 Å². The Kier molecular flexibility index (Phi) is 5.37. The molecule has 0 unspecified atom stereocenters. The highest BCUT2D eigenvalue weighted by Gasteiger charge is 2.19. The molecule has 0 aliphatic carbocycles. The smallest absolute Gasteiger partial charge is 0.223 e. The zero-order chi connectivity index (χ0) is 20.2. The van der Waals surface area contributed by atoms with Crippen LogP contribution in [0.2, 0.25) is 0 Å². The molecule has 0 radical (unpaired) electrons. The number of unbranched alkanes of at least 4 members (excludes halogenated alkanes) is 1. The van der Waals surface area contributed by atoms with Crippen molar-refractivity contribution in [3.63, 3.8) is 0 Å². The number of halogens is 1. The SMILES string of the molecule is CCCCNc1nccc(-c2c(-c3ccc(F)cc3)nn3c(NC)cccc23)n1. The van der Waals surface area contributed by atoms with Gasteiger partial charge in [0.15, 0.2) is 0 Å². The second-order valence-electron chi connectivity index (χ2n) is 6.73. The van der Waals surface area contributed by atoms with Crippen LogP contribution in [-0.4, -0.2) is 33.2 Å². The first-order valence-electron chi connectivity index (χ1n) is 9.74. The van der Waals surface area contributed by atoms with Crippen molar-refractivity contribution in [2.24, 2.45) is 0 Å². The van der Waals surface area contributed by atoms with Crippen molar-refractivity contribution in [2.45, 2.75) is 19.8 Å². The van der Waals surface area contributed by atoms with Crippen LogP contribution >= 0.6 is 0 Å². The van der Waals surface area contributed by atoms with Crippen LogP contribution in [0.3, 0.4) is 0 Å². The van der Waals surface area contributed by atoms with Crippen molar-refractivity contribution < 1.29 is 4.39 Å². The van der Waals surface area contributed by atoms with Crippen LogP contribution in [0.15, 0.2) is 54.7 Å². The molecule has 29 heavy (non-hydrogen) atoms. The van der Waals surface area contributed by atoms with Gasteiger partial charge in [0.2, 0.25) is 5.95 Å². The minimum absolute atomic E-state index is 0.278. The van der Waals surface area contributed by atoms with Gasteiger partial charge in [-0.25, -0.2) is 18.9 Å². The van der Waals surface area contributed by atoms with E-state index in [4.69, 9.17) is 10.1 Å². The van der Waals surface area contributed by atoms with Crippen molar-refractivity contribution in [3.05, 3.63) is 60.5 Å². The number of hydrogen-bond acceptors (Lipinski definition) is 5. The van der Waals surface area contributed by atoms with Gasteiger partial charge >= 0.3 is 0 Å². The van der Waals surface area contributed by atoms with Crippen molar-refractivity contribution in [3.8, 4) is 22.5 Å². The summed E-state index contributed by atoms with van der Waals surface area (Å²) in [5, 5.41) is 11.3. The molecule has 2 N–H and O–H groups in total. The molecule has 0 fully saturated rings. The van der Waals surface area contributed by atoms with Gasteiger partial charge in [0.25, 0.3) is 0 Å². The van der Waals surface area contributed by atoms with E-state index in [1.807, 2.05) is 35.8 Å². The van der Waals surface area contributed by atoms with Crippen molar-refractivity contribution in [2.75, 3.05) is 24.2 Å². The van der Waals surface area contributed by atoms with E-state index in [-0.39, 0.29) is 5.82 Å². The van der Waals surface area contributed by atoms with Crippen molar-refractivity contribution in [1.29, 1.82) is 0 Å². The lowest BCUT2D eigenvalue weighted by Crippen LogP contribution is -2.05. The molecule has 0 atom stereocenters. The van der Waals surface area contributed by atoms with Crippen LogP contribution < -0.4 is 10.6 Å². The van der Waals surface area contributed by atoms with Crippen LogP contribution in [0.5, 0.6) is 0 Å². The maximum atomic E-state index is 13.5. The first-order valence-corrected chi connectivity index (χ1v) is 9.74. The Morgan fingerprint density at radius 1 is 1.07 bits per heavy atom. The number of nitrogens with one attached hydrogen (secondary N) is 2. The van der Waals surface area contributed by atoms with Crippen molar-refractivity contribution >= 4 is 17.3 Å². The number of hydrogen-bond donors (Lipinski definition) is 2. The molecule has 4 aromatic rings. The lowest BCUT2D eigenvalue weighted by Gasteiger charge is -2.07. The summed E-state index contributed by atoms with van der Waals surface area (Å²) in [7, 11) is 1.86. The number of aromatic nitrogens is 4. The summed E-state index contributed by atoms with van der Waals surface area (Å²) in [5.41, 5.74) is 4.13. The maximum absolute atomic E-state index is 13.5. The highest BCUT2D eigenvalue weighted by molar-refractivity contribution is 5.91. The zero-order valence-corrected chi connectivity index (χ0v) is 16.5. The maximum Gasteiger partial charge on any atom is 0.223 e. The monoisotopic (exact) mass is 390 g/mol. The molecule has 0 saturated carbocycles. The molecular formula is C22H23FN6. The molecule has 148 valence electrons. The van der Waals surface area contributed by atoms with Gasteiger partial charge < -0.3 is 10.6 Å². The molecule has 4 rings (SSSR count). The van der Waals surface area contributed by atoms with E-state index in [2.05, 4.69) is 22.5 Å². The summed E-state index contributed by atoms with van der Waals surface area (Å²) in [6.45, 7) is 2.97. The number of nitrogens with zero attached hydrogens (tertiary/aromatic N) is 4. The number of anilines is 2. The van der Waals surface area contributed by atoms with Gasteiger partial charge in [-0.2, -0.15) is 5.10 Å². The zero-order valence-electron chi connectivity index (χ0n) is 16.5. The van der Waals surface area contributed by atoms with Crippen LogP contribution in [0.1, 0.15) is 19.8 Å². The van der Waals surface area contributed by atoms with Gasteiger partial charge in [-0.3, -0.25) is 0 Å². The largest absolute Gasteiger partial charge is 0.373 e. The molecule has 3 heterocycles. The van der Waals surface area contributed by atoms with E-state index < -0.39 is 0 Å². The lowest BCUT2D eigenvalue weighted by atomic mass is 10.0. The van der Waals surface area contributed by atoms with Gasteiger partial charge in [-0.05, 0) is 48.9 Å². The predicted molar refractivity (Wildman–Crippen MR) is 115 cm³/mol. The fraction of sp³-hybridized carbons (Fsp3) is 0.227. The lowest BCUT2D eigenvalue weighted by molar-refractivity contribution is 0.628. The molecule has 1 aromatic carbocycles. The average Bonchev–Trinajstić information content (AvgIpc) is 3.14. The predicted octanol–water partition coefficient (Wildman–Crippen LogP) is 4.85. The first kappa shape index (κ1) is 18.9. The molecule has 0 aliphatic rings. The molecule has 0 bridgehead atoms. The normalized spacial score (nSPS) is 11.0. The van der Waals surface area contributed by atoms with E-state index in [1.165, 1.54) is 12.1 Å². The Morgan fingerprint density at radius 3 is 2.66 bits per heavy atom. The Labute approximate surface area is 168 Å². The number of fused-ring (bicyclic) bond motifs is 1. The number of rotatable bonds is 7. The minimum Gasteiger partial charge on any atom is -0.373 e. The molecule has 6 nitrogen and oxygen atoms in total. The number of pyridine rings is 1. The second-order valence-corrected chi connectivity index (χ2v) is 6.73. The molecule has 0 saturated heterocycles. The third-order valence-electron chi connectivity index (χ3n) is 4.76. The molecule has 0 spiro atoms. The second kappa shape index (κ2) is 8.26. The van der Waals surface area contributed by atoms with Gasteiger partial charge in [0.05, 0.1) is 16.8 Å². The summed E-state index contributed by atoms with van der Waals surface area (Å²) < 4.78 is 15.3. The summed E-state index contributed by atoms with van der Waals surface area (Å²) in [5.74, 6) is 1.16. The summed E-state index contributed by atoms with van der Waals surface area (Å²) in [6, 6.07) is 14.2. The highest BCUT2D eigenvalue weighted by Crippen LogP contribution is 2.35. The summed E-state index contributed by atoms with van der Waals surface area (Å²) >= 11 is 0. The van der Waals surface area contributed by atoms with E-state index in [0.717, 1.165) is 53.2 Å². The van der Waals surface area contributed by atoms with E-state index in [0.29, 0.717) is 5.95 Å². The average molecular weight is 390 g/mol. The Morgan fingerprint density at radius 2 is 1.90 bits per heavy atom. The third kappa shape index (κ3) is 3.76. The Hall–Kier alpha value is -3.48. The van der Waals surface area contributed by atoms with E-state index >= 15 is 0 Å². The highest BCUT2D eigenvalue weighted by atomic mass is 19.1. The van der Waals surface area contributed by atoms with Gasteiger partial charge in [0.1, 0.15) is 17.3 Å². The van der Waals surface area contributed by atoms with E-state index in [1.54, 1.807) is 18.3 Å². The van der Waals surface area contributed by atoms with Gasteiger partial charge in [0, 0.05) is 25.4 Å². The Balaban J connectivity index is 1.89. The first-order chi connectivity index (χ1) is 14.2. The summed E-state index contributed by atoms with van der Waals surface area (Å²) in [4.78, 5) is 9.06. The molecule has 0 amide bonds. The van der Waals surface area contributed by atoms with Crippen LogP contribution in [0, 0.1) is 5.82 Å². The topological polar surface area (TPSA) is 67.1 Å². The quantitative estimate of drug-likeness (QED) is 0.442. The molecule has 3 aromatic heterocycles. The minimum atomic E-state index is -0.278. The van der Waals surface area contributed by atoms with Crippen molar-refractivity contribution in [1.82, 2.24) is 19.6 Å². The van der Waals surface area contributed by atoms with Crippen LogP contribution in [-0.2, 0) is 0 Å². The van der Waals surface area contributed by atoms with Gasteiger partial charge in [-0.15, -0.1) is 0 Å². The standard InChI is InChI=1S/C22H23FN6/c1-3-4-13-25-22-26-14-12-17(27-22)20-18-6-5-7-19(24-2)29(18)28-21(20)15-8-10-16(23)11-9-15/h5-12,14,24H,3-4,13H2,1-2H3,(H,25,26,27). The Bertz CT molecular complexity index is 1120. The van der Waals surface area contributed by atoms with Crippen LogP contribution in [0.4, 0.5) is 16.2 Å². The molecular weight excluding hydrogens is 367 g/mol. The van der Waals surface area contributed by atoms with Gasteiger partial charge in [-0.1, -0.05) is 19.4 Å².